The Bertz CT molecular complexity index is 637. The molecule has 21 heavy (non-hydrogen) atoms. The Labute approximate surface area is 128 Å². The molecular weight excluding hydrogens is 331 g/mol. The molecule has 1 heterocycles. The molecule has 0 unspecified atom stereocenters. The van der Waals surface area contributed by atoms with Crippen LogP contribution in [0.15, 0.2) is 12.1 Å². The molecule has 2 aromatic rings. The summed E-state index contributed by atoms with van der Waals surface area (Å²) in [5.74, 6) is -0.0187. The van der Waals surface area contributed by atoms with E-state index in [0.717, 1.165) is 0 Å². The number of fused-ring (bicyclic) bond motifs is 1. The van der Waals surface area contributed by atoms with Crippen molar-refractivity contribution < 1.29 is 17.6 Å². The molecule has 0 saturated carbocycles. The van der Waals surface area contributed by atoms with Crippen molar-refractivity contribution in [3.8, 4) is 0 Å². The van der Waals surface area contributed by atoms with E-state index in [0.29, 0.717) is 29.8 Å². The Morgan fingerprint density at radius 3 is 2.52 bits per heavy atom. The molecule has 8 heteroatoms. The second-order valence-electron chi connectivity index (χ2n) is 4.64. The van der Waals surface area contributed by atoms with Crippen LogP contribution in [0.4, 0.5) is 17.6 Å². The molecule has 2 rings (SSSR count). The zero-order valence-corrected chi connectivity index (χ0v) is 12.4. The summed E-state index contributed by atoms with van der Waals surface area (Å²) >= 11 is 11.5. The van der Waals surface area contributed by atoms with Crippen molar-refractivity contribution in [2.75, 3.05) is 0 Å². The number of alkyl halides is 4. The molecule has 0 atom stereocenters. The van der Waals surface area contributed by atoms with Gasteiger partial charge >= 0.3 is 6.18 Å². The summed E-state index contributed by atoms with van der Waals surface area (Å²) in [7, 11) is 0. The molecule has 116 valence electrons. The second-order valence-corrected chi connectivity index (χ2v) is 5.32. The molecule has 0 fully saturated rings. The van der Waals surface area contributed by atoms with E-state index in [2.05, 4.69) is 4.98 Å². The van der Waals surface area contributed by atoms with Crippen molar-refractivity contribution in [1.29, 1.82) is 0 Å². The Kier molecular flexibility index (Phi) is 4.99. The van der Waals surface area contributed by atoms with Crippen LogP contribution in [0, 0.1) is 5.82 Å². The summed E-state index contributed by atoms with van der Waals surface area (Å²) in [5, 5.41) is -0.0506. The van der Waals surface area contributed by atoms with Gasteiger partial charge in [-0.15, -0.1) is 11.6 Å². The lowest BCUT2D eigenvalue weighted by atomic mass is 10.2. The average Bonchev–Trinajstić information content (AvgIpc) is 2.71. The highest BCUT2D eigenvalue weighted by Gasteiger charge is 2.26. The third-order valence-electron chi connectivity index (χ3n) is 3.08. The SMILES string of the molecule is Fc1cc2c(cc1Cl)nc(CCl)n2CCCCC(F)(F)F. The predicted molar refractivity (Wildman–Crippen MR) is 74.2 cm³/mol. The topological polar surface area (TPSA) is 17.8 Å². The second kappa shape index (κ2) is 6.40. The normalized spacial score (nSPS) is 12.3. The maximum atomic E-state index is 13.5. The fourth-order valence-electron chi connectivity index (χ4n) is 2.12. The smallest absolute Gasteiger partial charge is 0.327 e. The molecule has 0 radical (unpaired) electrons. The van der Waals surface area contributed by atoms with E-state index in [4.69, 9.17) is 23.2 Å². The van der Waals surface area contributed by atoms with Gasteiger partial charge in [-0.25, -0.2) is 9.37 Å². The number of rotatable bonds is 5. The molecule has 1 aromatic carbocycles. The fraction of sp³-hybridized carbons (Fsp3) is 0.462. The molecule has 0 aliphatic carbocycles. The largest absolute Gasteiger partial charge is 0.389 e. The van der Waals surface area contributed by atoms with E-state index in [1.54, 1.807) is 4.57 Å². The Balaban J connectivity index is 2.19. The number of unbranched alkanes of at least 4 members (excludes halogenated alkanes) is 1. The van der Waals surface area contributed by atoms with Gasteiger partial charge in [-0.3, -0.25) is 0 Å². The third kappa shape index (κ3) is 4.01. The minimum atomic E-state index is -4.16. The summed E-state index contributed by atoms with van der Waals surface area (Å²) < 4.78 is 51.5. The molecule has 0 aliphatic heterocycles. The van der Waals surface area contributed by atoms with Crippen LogP contribution in [-0.4, -0.2) is 15.7 Å². The van der Waals surface area contributed by atoms with Crippen molar-refractivity contribution in [2.45, 2.75) is 37.9 Å². The molecule has 0 bridgehead atoms. The van der Waals surface area contributed by atoms with Gasteiger partial charge in [0.1, 0.15) is 11.6 Å². The monoisotopic (exact) mass is 342 g/mol. The maximum absolute atomic E-state index is 13.5. The lowest BCUT2D eigenvalue weighted by Crippen LogP contribution is -2.08. The number of nitrogens with zero attached hydrogens (tertiary/aromatic N) is 2. The minimum Gasteiger partial charge on any atom is -0.327 e. The highest BCUT2D eigenvalue weighted by Crippen LogP contribution is 2.26. The summed E-state index contributed by atoms with van der Waals surface area (Å²) in [6.07, 6.45) is -4.69. The molecule has 2 nitrogen and oxygen atoms in total. The Hall–Kier alpha value is -1.01. The Morgan fingerprint density at radius 2 is 1.90 bits per heavy atom. The number of aryl methyl sites for hydroxylation is 1. The highest BCUT2D eigenvalue weighted by atomic mass is 35.5. The fourth-order valence-corrected chi connectivity index (χ4v) is 2.48. The van der Waals surface area contributed by atoms with E-state index in [1.165, 1.54) is 12.1 Å². The van der Waals surface area contributed by atoms with Crippen molar-refractivity contribution in [2.24, 2.45) is 0 Å². The van der Waals surface area contributed by atoms with Crippen LogP contribution >= 0.6 is 23.2 Å². The van der Waals surface area contributed by atoms with Crippen LogP contribution in [0.25, 0.3) is 11.0 Å². The molecule has 0 aliphatic rings. The summed E-state index contributed by atoms with van der Waals surface area (Å²) in [6.45, 7) is 0.301. The van der Waals surface area contributed by atoms with Gasteiger partial charge in [-0.1, -0.05) is 11.6 Å². The first-order chi connectivity index (χ1) is 9.81. The van der Waals surface area contributed by atoms with Gasteiger partial charge in [0, 0.05) is 19.0 Å². The quantitative estimate of drug-likeness (QED) is 0.409. The van der Waals surface area contributed by atoms with Crippen molar-refractivity contribution >= 4 is 34.2 Å². The van der Waals surface area contributed by atoms with Gasteiger partial charge in [-0.2, -0.15) is 13.2 Å². The van der Waals surface area contributed by atoms with E-state index in [9.17, 15) is 17.6 Å². The van der Waals surface area contributed by atoms with Crippen LogP contribution in [0.2, 0.25) is 5.02 Å². The summed E-state index contributed by atoms with van der Waals surface area (Å²) in [5.41, 5.74) is 0.965. The third-order valence-corrected chi connectivity index (χ3v) is 3.61. The van der Waals surface area contributed by atoms with Crippen LogP contribution in [0.5, 0.6) is 0 Å². The van der Waals surface area contributed by atoms with Crippen LogP contribution in [0.1, 0.15) is 25.1 Å². The number of halogens is 6. The zero-order valence-electron chi connectivity index (χ0n) is 10.9. The van der Waals surface area contributed by atoms with Crippen LogP contribution in [-0.2, 0) is 12.4 Å². The first-order valence-electron chi connectivity index (χ1n) is 6.28. The molecular formula is C13H12Cl2F4N2. The standard InChI is InChI=1S/C13H12Cl2F4N2/c14-7-12-20-10-5-8(15)9(16)6-11(10)21(12)4-2-1-3-13(17,18)19/h5-6H,1-4,7H2. The van der Waals surface area contributed by atoms with Gasteiger partial charge in [-0.05, 0) is 18.9 Å². The average molecular weight is 343 g/mol. The highest BCUT2D eigenvalue weighted by molar-refractivity contribution is 6.31. The molecule has 0 amide bonds. The van der Waals surface area contributed by atoms with Crippen LogP contribution < -0.4 is 0 Å². The number of hydrogen-bond donors (Lipinski definition) is 0. The maximum Gasteiger partial charge on any atom is 0.389 e. The molecule has 0 N–H and O–H groups in total. The predicted octanol–water partition coefficient (Wildman–Crippen LogP) is 5.30. The first kappa shape index (κ1) is 16.4. The molecule has 1 aromatic heterocycles. The van der Waals surface area contributed by atoms with Crippen LogP contribution in [0.3, 0.4) is 0 Å². The summed E-state index contributed by atoms with van der Waals surface area (Å²) in [6, 6.07) is 2.61. The van der Waals surface area contributed by atoms with E-state index >= 15 is 0 Å². The van der Waals surface area contributed by atoms with Gasteiger partial charge in [0.15, 0.2) is 0 Å². The van der Waals surface area contributed by atoms with Gasteiger partial charge < -0.3 is 4.57 Å². The van der Waals surface area contributed by atoms with Gasteiger partial charge in [0.25, 0.3) is 0 Å². The van der Waals surface area contributed by atoms with Gasteiger partial charge in [0.05, 0.1) is 21.9 Å². The minimum absolute atomic E-state index is 0.000963. The van der Waals surface area contributed by atoms with E-state index < -0.39 is 18.4 Å². The number of imidazole rings is 1. The molecule has 0 spiro atoms. The van der Waals surface area contributed by atoms with E-state index in [-0.39, 0.29) is 17.3 Å². The first-order valence-corrected chi connectivity index (χ1v) is 7.20. The number of aromatic nitrogens is 2. The van der Waals surface area contributed by atoms with Gasteiger partial charge in [0.2, 0.25) is 0 Å². The van der Waals surface area contributed by atoms with E-state index in [1.807, 2.05) is 0 Å². The van der Waals surface area contributed by atoms with Crippen molar-refractivity contribution in [3.05, 3.63) is 28.8 Å². The number of hydrogen-bond acceptors (Lipinski definition) is 1. The lowest BCUT2D eigenvalue weighted by molar-refractivity contribution is -0.135. The molecule has 0 saturated heterocycles. The zero-order chi connectivity index (χ0) is 15.6. The van der Waals surface area contributed by atoms with Crippen molar-refractivity contribution in [3.63, 3.8) is 0 Å². The number of benzene rings is 1. The Morgan fingerprint density at radius 1 is 1.19 bits per heavy atom. The van der Waals surface area contributed by atoms with Crippen molar-refractivity contribution in [1.82, 2.24) is 9.55 Å². The lowest BCUT2D eigenvalue weighted by Gasteiger charge is -2.09. The summed E-state index contributed by atoms with van der Waals surface area (Å²) in [4.78, 5) is 4.22.